The van der Waals surface area contributed by atoms with E-state index >= 15 is 0 Å². The summed E-state index contributed by atoms with van der Waals surface area (Å²) < 4.78 is 5.51. The second-order valence-corrected chi connectivity index (χ2v) is 7.62. The molecule has 134 valence electrons. The van der Waals surface area contributed by atoms with Gasteiger partial charge in [-0.15, -0.1) is 0 Å². The van der Waals surface area contributed by atoms with Gasteiger partial charge in [-0.1, -0.05) is 61.2 Å². The number of rotatable bonds is 4. The fraction of sp³-hybridized carbons (Fsp3) is 0.600. The Morgan fingerprint density at radius 1 is 1.12 bits per heavy atom. The number of hydrogen-bond acceptors (Lipinski definition) is 5. The zero-order chi connectivity index (χ0) is 17.1. The number of benzene rings is 1. The lowest BCUT2D eigenvalue weighted by Crippen LogP contribution is -2.31. The van der Waals surface area contributed by atoms with Crippen molar-refractivity contribution >= 4 is 0 Å². The molecule has 1 aromatic carbocycles. The van der Waals surface area contributed by atoms with Gasteiger partial charge < -0.3 is 9.63 Å². The van der Waals surface area contributed by atoms with E-state index in [0.717, 1.165) is 31.8 Å². The molecule has 25 heavy (non-hydrogen) atoms. The molecule has 1 saturated heterocycles. The van der Waals surface area contributed by atoms with Gasteiger partial charge in [-0.05, 0) is 24.8 Å². The number of aliphatic hydroxyl groups is 1. The van der Waals surface area contributed by atoms with E-state index in [-0.39, 0.29) is 0 Å². The highest BCUT2D eigenvalue weighted by molar-refractivity contribution is 5.15. The Hall–Kier alpha value is -1.72. The van der Waals surface area contributed by atoms with Gasteiger partial charge in [0, 0.05) is 25.6 Å². The van der Waals surface area contributed by atoms with Crippen molar-refractivity contribution in [2.45, 2.75) is 63.0 Å². The summed E-state index contributed by atoms with van der Waals surface area (Å²) in [5.74, 6) is 1.60. The van der Waals surface area contributed by atoms with Crippen LogP contribution < -0.4 is 0 Å². The second-order valence-electron chi connectivity index (χ2n) is 7.62. The molecule has 0 radical (unpaired) electrons. The molecule has 1 atom stereocenters. The van der Waals surface area contributed by atoms with Gasteiger partial charge in [0.25, 0.3) is 5.89 Å². The Bertz CT molecular complexity index is 679. The fourth-order valence-corrected chi connectivity index (χ4v) is 4.15. The molecule has 2 aromatic rings. The third-order valence-electron chi connectivity index (χ3n) is 5.64. The van der Waals surface area contributed by atoms with Crippen LogP contribution in [0.3, 0.4) is 0 Å². The van der Waals surface area contributed by atoms with Gasteiger partial charge in [-0.25, -0.2) is 0 Å². The number of β-amino-alcohol motifs (C(OH)–C–C–N with tert-alkyl or cyclic N) is 1. The predicted octanol–water partition coefficient (Wildman–Crippen LogP) is 3.60. The summed E-state index contributed by atoms with van der Waals surface area (Å²) >= 11 is 0. The highest BCUT2D eigenvalue weighted by Gasteiger charge is 2.42. The van der Waals surface area contributed by atoms with Gasteiger partial charge in [0.2, 0.25) is 0 Å². The van der Waals surface area contributed by atoms with Crippen molar-refractivity contribution in [3.05, 3.63) is 47.6 Å². The number of likely N-dealkylation sites (tertiary alicyclic amines) is 1. The van der Waals surface area contributed by atoms with Crippen molar-refractivity contribution in [1.82, 2.24) is 15.0 Å². The predicted molar refractivity (Wildman–Crippen MR) is 95.0 cm³/mol. The first-order chi connectivity index (χ1) is 12.2. The molecule has 1 unspecified atom stereocenters. The molecule has 1 aromatic heterocycles. The van der Waals surface area contributed by atoms with Crippen LogP contribution in [0.25, 0.3) is 0 Å². The van der Waals surface area contributed by atoms with Crippen LogP contribution >= 0.6 is 0 Å². The van der Waals surface area contributed by atoms with Gasteiger partial charge in [-0.3, -0.25) is 4.90 Å². The van der Waals surface area contributed by atoms with Crippen LogP contribution in [0.4, 0.5) is 0 Å². The Balaban J connectivity index is 1.43. The number of hydrogen-bond donors (Lipinski definition) is 1. The van der Waals surface area contributed by atoms with Gasteiger partial charge in [0.15, 0.2) is 11.4 Å². The molecule has 2 aliphatic rings. The van der Waals surface area contributed by atoms with E-state index < -0.39 is 5.60 Å². The van der Waals surface area contributed by atoms with Crippen LogP contribution in [0.1, 0.15) is 68.1 Å². The quantitative estimate of drug-likeness (QED) is 0.861. The summed E-state index contributed by atoms with van der Waals surface area (Å²) in [6, 6.07) is 10.4. The summed E-state index contributed by atoms with van der Waals surface area (Å²) in [7, 11) is 0. The zero-order valence-electron chi connectivity index (χ0n) is 14.7. The molecule has 0 spiro atoms. The summed E-state index contributed by atoms with van der Waals surface area (Å²) in [6.07, 6.45) is 8.01. The third kappa shape index (κ3) is 3.77. The third-order valence-corrected chi connectivity index (χ3v) is 5.64. The summed E-state index contributed by atoms with van der Waals surface area (Å²) in [5.41, 5.74) is 0.251. The molecule has 1 aliphatic heterocycles. The van der Waals surface area contributed by atoms with Crippen molar-refractivity contribution in [3.8, 4) is 0 Å². The fourth-order valence-electron chi connectivity index (χ4n) is 4.15. The molecule has 4 rings (SSSR count). The maximum absolute atomic E-state index is 11.0. The summed E-state index contributed by atoms with van der Waals surface area (Å²) in [6.45, 7) is 2.23. The largest absolute Gasteiger partial charge is 0.379 e. The van der Waals surface area contributed by atoms with Gasteiger partial charge in [0.05, 0.1) is 0 Å². The molecule has 2 fully saturated rings. The number of nitrogens with zero attached hydrogens (tertiary/aromatic N) is 3. The van der Waals surface area contributed by atoms with Crippen LogP contribution in [0, 0.1) is 0 Å². The van der Waals surface area contributed by atoms with E-state index in [4.69, 9.17) is 4.52 Å². The Kier molecular flexibility index (Phi) is 4.86. The minimum Gasteiger partial charge on any atom is -0.379 e. The van der Waals surface area contributed by atoms with Crippen LogP contribution in [-0.2, 0) is 12.1 Å². The monoisotopic (exact) mass is 341 g/mol. The van der Waals surface area contributed by atoms with E-state index in [0.29, 0.717) is 24.8 Å². The van der Waals surface area contributed by atoms with E-state index in [1.807, 2.05) is 6.07 Å². The molecule has 5 nitrogen and oxygen atoms in total. The second kappa shape index (κ2) is 7.26. The van der Waals surface area contributed by atoms with Crippen LogP contribution in [0.2, 0.25) is 0 Å². The summed E-state index contributed by atoms with van der Waals surface area (Å²) in [4.78, 5) is 6.87. The Labute approximate surface area is 149 Å². The van der Waals surface area contributed by atoms with Gasteiger partial charge in [0.1, 0.15) is 0 Å². The minimum atomic E-state index is -1.01. The highest BCUT2D eigenvalue weighted by atomic mass is 16.5. The lowest BCUT2D eigenvalue weighted by Gasteiger charge is -2.19. The standard InChI is InChI=1S/C20H27N3O2/c24-20(12-13-23(15-20)14-16-8-4-3-5-9-16)19-21-18(22-25-19)17-10-6-1-2-7-11-17/h3-5,8-9,17,24H,1-2,6-7,10-15H2. The number of aromatic nitrogens is 2. The average Bonchev–Trinajstić information content (AvgIpc) is 3.17. The molecule has 1 N–H and O–H groups in total. The van der Waals surface area contributed by atoms with Crippen molar-refractivity contribution in [1.29, 1.82) is 0 Å². The van der Waals surface area contributed by atoms with Crippen LogP contribution in [0.5, 0.6) is 0 Å². The first-order valence-corrected chi connectivity index (χ1v) is 9.56. The van der Waals surface area contributed by atoms with Gasteiger partial charge in [-0.2, -0.15) is 4.98 Å². The SMILES string of the molecule is OC1(c2nc(C3CCCCCC3)no2)CCN(Cc2ccccc2)C1. The van der Waals surface area contributed by atoms with Crippen LogP contribution in [0.15, 0.2) is 34.9 Å². The molecule has 2 heterocycles. The molecule has 0 bridgehead atoms. The topological polar surface area (TPSA) is 62.4 Å². The zero-order valence-corrected chi connectivity index (χ0v) is 14.7. The Morgan fingerprint density at radius 3 is 2.64 bits per heavy atom. The first-order valence-electron chi connectivity index (χ1n) is 9.56. The van der Waals surface area contributed by atoms with Crippen LogP contribution in [-0.4, -0.2) is 33.2 Å². The highest BCUT2D eigenvalue weighted by Crippen LogP contribution is 2.34. The van der Waals surface area contributed by atoms with Crippen molar-refractivity contribution in [3.63, 3.8) is 0 Å². The van der Waals surface area contributed by atoms with E-state index in [9.17, 15) is 5.11 Å². The molecular formula is C20H27N3O2. The van der Waals surface area contributed by atoms with E-state index in [1.165, 1.54) is 31.2 Å². The molecule has 5 heteroatoms. The lowest BCUT2D eigenvalue weighted by molar-refractivity contribution is 0.0131. The normalized spacial score (nSPS) is 26.0. The van der Waals surface area contributed by atoms with Gasteiger partial charge >= 0.3 is 0 Å². The average molecular weight is 341 g/mol. The lowest BCUT2D eigenvalue weighted by atomic mass is 9.99. The van der Waals surface area contributed by atoms with E-state index in [2.05, 4.69) is 39.3 Å². The van der Waals surface area contributed by atoms with Crippen molar-refractivity contribution < 1.29 is 9.63 Å². The minimum absolute atomic E-state index is 0.394. The Morgan fingerprint density at radius 2 is 1.88 bits per heavy atom. The van der Waals surface area contributed by atoms with Crippen molar-refractivity contribution in [2.75, 3.05) is 13.1 Å². The molecule has 1 aliphatic carbocycles. The first kappa shape index (κ1) is 16.7. The maximum Gasteiger partial charge on any atom is 0.260 e. The van der Waals surface area contributed by atoms with Crippen molar-refractivity contribution in [2.24, 2.45) is 0 Å². The molecule has 0 amide bonds. The maximum atomic E-state index is 11.0. The summed E-state index contributed by atoms with van der Waals surface area (Å²) in [5, 5.41) is 15.3. The molecular weight excluding hydrogens is 314 g/mol. The molecule has 1 saturated carbocycles. The smallest absolute Gasteiger partial charge is 0.260 e. The van der Waals surface area contributed by atoms with E-state index in [1.54, 1.807) is 0 Å².